The van der Waals surface area contributed by atoms with Crippen LogP contribution in [-0.4, -0.2) is 39.9 Å². The summed E-state index contributed by atoms with van der Waals surface area (Å²) in [6.45, 7) is 0. The summed E-state index contributed by atoms with van der Waals surface area (Å²) in [4.78, 5) is 14.8. The van der Waals surface area contributed by atoms with E-state index in [0.29, 0.717) is 0 Å². The highest BCUT2D eigenvalue weighted by Gasteiger charge is 2.47. The van der Waals surface area contributed by atoms with Gasteiger partial charge in [0.05, 0.1) is 12.2 Å². The number of hydrogen-bond acceptors (Lipinski definition) is 3. The Bertz CT molecular complexity index is 906. The molecule has 30 heavy (non-hydrogen) atoms. The highest BCUT2D eigenvalue weighted by Crippen LogP contribution is 2.44. The summed E-state index contributed by atoms with van der Waals surface area (Å²) < 4.78 is 43.3. The Balaban J connectivity index is 1.67. The Labute approximate surface area is 181 Å². The number of fused-ring (bicyclic) bond motifs is 1. The van der Waals surface area contributed by atoms with Crippen molar-refractivity contribution in [3.05, 3.63) is 46.1 Å². The molecule has 2 heterocycles. The molecule has 1 saturated carbocycles. The number of benzene rings is 1. The number of carbonyl (C=O) groups is 1. The van der Waals surface area contributed by atoms with Crippen molar-refractivity contribution >= 4 is 27.7 Å². The fourth-order valence-electron chi connectivity index (χ4n) is 4.46. The van der Waals surface area contributed by atoms with Crippen LogP contribution in [0.3, 0.4) is 0 Å². The van der Waals surface area contributed by atoms with Gasteiger partial charge < -0.3 is 10.2 Å². The Morgan fingerprint density at radius 2 is 1.87 bits per heavy atom. The lowest BCUT2D eigenvalue weighted by Crippen LogP contribution is -2.39. The zero-order valence-corrected chi connectivity index (χ0v) is 18.2. The number of carbonyl (C=O) groups excluding carboxylic acids is 1. The number of aromatic nitrogens is 2. The first-order chi connectivity index (χ1) is 14.3. The zero-order chi connectivity index (χ0) is 21.5. The van der Waals surface area contributed by atoms with Gasteiger partial charge in [-0.2, -0.15) is 18.3 Å². The number of alkyl halides is 3. The minimum Gasteiger partial charge on any atom is -0.363 e. The Morgan fingerprint density at radius 1 is 1.20 bits per heavy atom. The molecule has 1 fully saturated rings. The van der Waals surface area contributed by atoms with E-state index in [0.717, 1.165) is 46.8 Å². The Morgan fingerprint density at radius 3 is 2.50 bits per heavy atom. The van der Waals surface area contributed by atoms with E-state index in [2.05, 4.69) is 26.3 Å². The first-order valence-corrected chi connectivity index (χ1v) is 11.0. The molecule has 9 heteroatoms. The van der Waals surface area contributed by atoms with Crippen LogP contribution in [0.1, 0.15) is 66.5 Å². The molecule has 0 spiro atoms. The van der Waals surface area contributed by atoms with E-state index in [1.54, 1.807) is 36.2 Å². The predicted molar refractivity (Wildman–Crippen MR) is 111 cm³/mol. The van der Waals surface area contributed by atoms with Crippen LogP contribution in [-0.2, 0) is 0 Å². The predicted octanol–water partition coefficient (Wildman–Crippen LogP) is 5.71. The fourth-order valence-corrected chi connectivity index (χ4v) is 4.72. The molecule has 0 radical (unpaired) electrons. The maximum Gasteiger partial charge on any atom is 0.410 e. The Kier molecular flexibility index (Phi) is 5.83. The van der Waals surface area contributed by atoms with Gasteiger partial charge in [0.2, 0.25) is 0 Å². The van der Waals surface area contributed by atoms with Crippen LogP contribution >= 0.6 is 15.9 Å². The topological polar surface area (TPSA) is 50.2 Å². The minimum atomic E-state index is -4.47. The summed E-state index contributed by atoms with van der Waals surface area (Å²) in [5, 5.41) is 7.13. The maximum atomic E-state index is 13.8. The molecule has 4 rings (SSSR count). The van der Waals surface area contributed by atoms with E-state index in [1.807, 2.05) is 0 Å². The molecular formula is C21H24BrF3N4O. The first kappa shape index (κ1) is 21.2. The molecule has 2 atom stereocenters. The molecule has 5 nitrogen and oxygen atoms in total. The average molecular weight is 485 g/mol. The van der Waals surface area contributed by atoms with Gasteiger partial charge in [-0.3, -0.25) is 4.79 Å². The van der Waals surface area contributed by atoms with Crippen LogP contribution in [0.15, 0.2) is 34.9 Å². The van der Waals surface area contributed by atoms with Gasteiger partial charge in [0.15, 0.2) is 6.04 Å². The van der Waals surface area contributed by atoms with Gasteiger partial charge in [0, 0.05) is 24.0 Å². The molecule has 0 bridgehead atoms. The molecule has 1 aliphatic carbocycles. The fraction of sp³-hybridized carbons (Fsp3) is 0.524. The van der Waals surface area contributed by atoms with Crippen molar-refractivity contribution in [2.75, 3.05) is 12.4 Å². The van der Waals surface area contributed by atoms with Crippen molar-refractivity contribution < 1.29 is 18.0 Å². The van der Waals surface area contributed by atoms with Crippen molar-refractivity contribution in [1.82, 2.24) is 14.7 Å². The lowest BCUT2D eigenvalue weighted by molar-refractivity contribution is -0.173. The van der Waals surface area contributed by atoms with E-state index in [1.165, 1.54) is 6.20 Å². The summed E-state index contributed by atoms with van der Waals surface area (Å²) in [6, 6.07) is 4.94. The molecule has 1 N–H and O–H groups in total. The van der Waals surface area contributed by atoms with E-state index < -0.39 is 18.3 Å². The number of nitrogens with one attached hydrogen (secondary N) is 1. The van der Waals surface area contributed by atoms with Gasteiger partial charge in [-0.25, -0.2) is 4.68 Å². The first-order valence-electron chi connectivity index (χ1n) is 10.2. The molecule has 2 aromatic rings. The van der Waals surface area contributed by atoms with Crippen molar-refractivity contribution in [3.8, 4) is 0 Å². The standard InChI is InChI=1S/C21H24BrF3N4O/c1-28(15-5-3-2-4-6-15)20(30)16-12-26-29-18(21(23,24)25)11-17(27-19(16)29)13-7-9-14(22)10-8-13/h7-10,12,15,17-18,27H,2-6,11H2,1H3/t17-,18-/m0/s1. The second kappa shape index (κ2) is 8.24. The van der Waals surface area contributed by atoms with Gasteiger partial charge in [0.25, 0.3) is 5.91 Å². The zero-order valence-electron chi connectivity index (χ0n) is 16.6. The molecule has 162 valence electrons. The van der Waals surface area contributed by atoms with Crippen molar-refractivity contribution in [3.63, 3.8) is 0 Å². The summed E-state index contributed by atoms with van der Waals surface area (Å²) in [5.74, 6) is -0.141. The number of amides is 1. The normalized spacial score (nSPS) is 22.3. The lowest BCUT2D eigenvalue weighted by Gasteiger charge is -2.35. The highest BCUT2D eigenvalue weighted by molar-refractivity contribution is 9.10. The molecular weight excluding hydrogens is 461 g/mol. The van der Waals surface area contributed by atoms with Crippen molar-refractivity contribution in [2.45, 2.75) is 62.8 Å². The summed E-state index contributed by atoms with van der Waals surface area (Å²) >= 11 is 3.35. The Hall–Kier alpha value is -2.03. The van der Waals surface area contributed by atoms with E-state index in [4.69, 9.17) is 0 Å². The molecule has 0 saturated heterocycles. The molecule has 1 aromatic carbocycles. The SMILES string of the molecule is CN(C(=O)c1cnn2c1N[C@H](c1ccc(Br)cc1)C[C@H]2C(F)(F)F)C1CCCCC1. The van der Waals surface area contributed by atoms with Crippen LogP contribution in [0.25, 0.3) is 0 Å². The van der Waals surface area contributed by atoms with Gasteiger partial charge in [0.1, 0.15) is 11.4 Å². The maximum absolute atomic E-state index is 13.8. The largest absolute Gasteiger partial charge is 0.410 e. The van der Waals surface area contributed by atoms with Crippen molar-refractivity contribution in [1.29, 1.82) is 0 Å². The number of nitrogens with zero attached hydrogens (tertiary/aromatic N) is 3. The number of hydrogen-bond donors (Lipinski definition) is 1. The number of rotatable bonds is 3. The molecule has 1 aliphatic heterocycles. The van der Waals surface area contributed by atoms with E-state index in [-0.39, 0.29) is 29.8 Å². The van der Waals surface area contributed by atoms with Gasteiger partial charge in [-0.05, 0) is 30.5 Å². The van der Waals surface area contributed by atoms with E-state index >= 15 is 0 Å². The third kappa shape index (κ3) is 4.08. The second-order valence-electron chi connectivity index (χ2n) is 8.10. The molecule has 1 amide bonds. The average Bonchev–Trinajstić information content (AvgIpc) is 3.16. The molecule has 1 aromatic heterocycles. The third-order valence-electron chi connectivity index (χ3n) is 6.18. The quantitative estimate of drug-likeness (QED) is 0.606. The summed E-state index contributed by atoms with van der Waals surface area (Å²) in [5.41, 5.74) is 0.929. The van der Waals surface area contributed by atoms with Crippen LogP contribution in [0.5, 0.6) is 0 Å². The number of halogens is 4. The summed E-state index contributed by atoms with van der Waals surface area (Å²) in [7, 11) is 1.73. The van der Waals surface area contributed by atoms with Gasteiger partial charge in [-0.1, -0.05) is 47.3 Å². The minimum absolute atomic E-state index is 0.117. The van der Waals surface area contributed by atoms with Crippen molar-refractivity contribution in [2.24, 2.45) is 0 Å². The highest BCUT2D eigenvalue weighted by atomic mass is 79.9. The number of anilines is 1. The third-order valence-corrected chi connectivity index (χ3v) is 6.71. The van der Waals surface area contributed by atoms with E-state index in [9.17, 15) is 18.0 Å². The molecule has 0 unspecified atom stereocenters. The van der Waals surface area contributed by atoms with Crippen LogP contribution in [0.2, 0.25) is 0 Å². The summed E-state index contributed by atoms with van der Waals surface area (Å²) in [6.07, 6.45) is 1.75. The van der Waals surface area contributed by atoms with Gasteiger partial charge >= 0.3 is 6.18 Å². The monoisotopic (exact) mass is 484 g/mol. The molecule has 2 aliphatic rings. The van der Waals surface area contributed by atoms with Gasteiger partial charge in [-0.15, -0.1) is 0 Å². The van der Waals surface area contributed by atoms with Crippen LogP contribution in [0, 0.1) is 0 Å². The lowest BCUT2D eigenvalue weighted by atomic mass is 9.94. The second-order valence-corrected chi connectivity index (χ2v) is 9.02. The van der Waals surface area contributed by atoms with Crippen LogP contribution < -0.4 is 5.32 Å². The smallest absolute Gasteiger partial charge is 0.363 e. The van der Waals surface area contributed by atoms with Crippen LogP contribution in [0.4, 0.5) is 19.0 Å².